The molecule has 2 nitrogen and oxygen atoms in total. The second-order valence-electron chi connectivity index (χ2n) is 10.5. The summed E-state index contributed by atoms with van der Waals surface area (Å²) in [6, 6.07) is 42.2. The molecule has 0 radical (unpaired) electrons. The first-order valence-corrected chi connectivity index (χ1v) is 16.9. The fraction of sp³-hybridized carbons (Fsp3) is 0.235. The van der Waals surface area contributed by atoms with E-state index in [2.05, 4.69) is 115 Å². The van der Waals surface area contributed by atoms with E-state index in [1.54, 1.807) is 0 Å². The zero-order valence-electron chi connectivity index (χ0n) is 21.5. The van der Waals surface area contributed by atoms with Gasteiger partial charge in [-0.1, -0.05) is 103 Å². The summed E-state index contributed by atoms with van der Waals surface area (Å²) in [5.74, 6) is 0. The molecule has 2 aliphatic heterocycles. The Kier molecular flexibility index (Phi) is 6.79. The molecule has 0 aliphatic carbocycles. The van der Waals surface area contributed by atoms with E-state index in [9.17, 15) is 0 Å². The second-order valence-corrected chi connectivity index (χ2v) is 15.4. The number of hydrogen-bond acceptors (Lipinski definition) is 2. The summed E-state index contributed by atoms with van der Waals surface area (Å²) >= 11 is 0. The molecule has 2 aliphatic rings. The van der Waals surface area contributed by atoms with E-state index in [0.29, 0.717) is 17.0 Å². The highest BCUT2D eigenvalue weighted by atomic mass is 31.1. The molecule has 4 aromatic carbocycles. The molecule has 0 bridgehead atoms. The molecule has 0 saturated carbocycles. The van der Waals surface area contributed by atoms with Gasteiger partial charge in [-0.25, -0.2) is 9.97 Å². The number of aromatic nitrogens is 2. The Morgan fingerprint density at radius 3 is 1.45 bits per heavy atom. The number of fused-ring (bicyclic) bond motifs is 1. The maximum atomic E-state index is 5.56. The molecule has 5 atom stereocenters. The first kappa shape index (κ1) is 24.1. The number of rotatable bonds is 5. The van der Waals surface area contributed by atoms with Crippen molar-refractivity contribution >= 4 is 37.7 Å². The Hall–Kier alpha value is -2.92. The predicted octanol–water partition coefficient (Wildman–Crippen LogP) is 8.66. The lowest BCUT2D eigenvalue weighted by molar-refractivity contribution is 0.765. The Bertz CT molecular complexity index is 1480. The topological polar surface area (TPSA) is 25.8 Å². The molecule has 0 spiro atoms. The smallest absolute Gasteiger partial charge is 0.0909 e. The lowest BCUT2D eigenvalue weighted by atomic mass is 10.0. The summed E-state index contributed by atoms with van der Waals surface area (Å²) < 4.78 is 0. The fourth-order valence-corrected chi connectivity index (χ4v) is 13.5. The minimum Gasteiger partial charge on any atom is -0.244 e. The van der Waals surface area contributed by atoms with Crippen LogP contribution >= 0.6 is 15.8 Å². The van der Waals surface area contributed by atoms with E-state index in [1.165, 1.54) is 59.4 Å². The van der Waals surface area contributed by atoms with Crippen molar-refractivity contribution in [1.82, 2.24) is 9.97 Å². The van der Waals surface area contributed by atoms with Crippen LogP contribution in [0.25, 0.3) is 11.0 Å². The normalized spacial score (nSPS) is 25.1. The van der Waals surface area contributed by atoms with E-state index in [1.807, 2.05) is 0 Å². The first-order valence-electron chi connectivity index (χ1n) is 13.8. The molecule has 1 aromatic heterocycles. The SMILES string of the molecule is c1ccc(C2CCCP2c2nc3ccccc3nc2P2C(c3ccccc3)CC[C@@H]2c2ccccc2)cc1. The molecule has 7 rings (SSSR count). The number of hydrogen-bond donors (Lipinski definition) is 0. The van der Waals surface area contributed by atoms with E-state index in [-0.39, 0.29) is 0 Å². The van der Waals surface area contributed by atoms with Gasteiger partial charge in [-0.05, 0) is 76.5 Å². The lowest BCUT2D eigenvalue weighted by Gasteiger charge is -2.30. The van der Waals surface area contributed by atoms with Gasteiger partial charge in [-0.3, -0.25) is 0 Å². The minimum atomic E-state index is -0.575. The summed E-state index contributed by atoms with van der Waals surface area (Å²) in [4.78, 5) is 11.1. The minimum absolute atomic E-state index is 0.423. The third-order valence-electron chi connectivity index (χ3n) is 8.24. The standard InChI is InChI=1S/C34H32N2P2/c1-4-13-25(14-5-1)30-21-12-24-37(30)33-34(36-29-20-11-10-19-28(29)35-33)38-31(26-15-6-2-7-16-26)22-23-32(38)27-17-8-3-9-18-27/h1-11,13-20,30-32H,12,21-24H2/t30?,31-,32?,37?,38?/m1/s1. The summed E-state index contributed by atoms with van der Waals surface area (Å²) in [5, 5.41) is 0. The van der Waals surface area contributed by atoms with Crippen LogP contribution < -0.4 is 10.9 Å². The molecule has 4 unspecified atom stereocenters. The molecular weight excluding hydrogens is 498 g/mol. The molecule has 4 heteroatoms. The van der Waals surface area contributed by atoms with E-state index < -0.39 is 15.8 Å². The quantitative estimate of drug-likeness (QED) is 0.213. The average Bonchev–Trinajstić information content (AvgIpc) is 3.66. The van der Waals surface area contributed by atoms with E-state index in [4.69, 9.17) is 9.97 Å². The van der Waals surface area contributed by atoms with E-state index >= 15 is 0 Å². The van der Waals surface area contributed by atoms with Gasteiger partial charge < -0.3 is 0 Å². The van der Waals surface area contributed by atoms with Gasteiger partial charge in [0.15, 0.2) is 0 Å². The van der Waals surface area contributed by atoms with Gasteiger partial charge >= 0.3 is 0 Å². The van der Waals surface area contributed by atoms with Crippen molar-refractivity contribution in [1.29, 1.82) is 0 Å². The molecule has 0 amide bonds. The summed E-state index contributed by atoms with van der Waals surface area (Å²) in [6.45, 7) is 0. The van der Waals surface area contributed by atoms with Crippen LogP contribution in [0.5, 0.6) is 0 Å². The third-order valence-corrected chi connectivity index (χ3v) is 14.6. The van der Waals surface area contributed by atoms with Gasteiger partial charge in [0.05, 0.1) is 21.9 Å². The van der Waals surface area contributed by atoms with Crippen molar-refractivity contribution in [3.63, 3.8) is 0 Å². The zero-order valence-corrected chi connectivity index (χ0v) is 23.3. The van der Waals surface area contributed by atoms with Crippen molar-refractivity contribution in [2.24, 2.45) is 0 Å². The van der Waals surface area contributed by atoms with Crippen molar-refractivity contribution in [3.05, 3.63) is 132 Å². The maximum Gasteiger partial charge on any atom is 0.0909 e. The van der Waals surface area contributed by atoms with Crippen LogP contribution in [0, 0.1) is 0 Å². The van der Waals surface area contributed by atoms with Crippen LogP contribution in [0.3, 0.4) is 0 Å². The fourth-order valence-electron chi connectivity index (χ4n) is 6.50. The molecule has 188 valence electrons. The van der Waals surface area contributed by atoms with Gasteiger partial charge in [-0.2, -0.15) is 0 Å². The highest BCUT2D eigenvalue weighted by Gasteiger charge is 2.43. The largest absolute Gasteiger partial charge is 0.244 e. The predicted molar refractivity (Wildman–Crippen MR) is 164 cm³/mol. The van der Waals surface area contributed by atoms with Crippen LogP contribution in [0.1, 0.15) is 59.4 Å². The van der Waals surface area contributed by atoms with Crippen molar-refractivity contribution in [2.75, 3.05) is 6.16 Å². The second kappa shape index (κ2) is 10.7. The molecule has 3 heterocycles. The Morgan fingerprint density at radius 1 is 0.474 bits per heavy atom. The van der Waals surface area contributed by atoms with Crippen LogP contribution in [-0.4, -0.2) is 16.1 Å². The molecule has 38 heavy (non-hydrogen) atoms. The maximum absolute atomic E-state index is 5.56. The van der Waals surface area contributed by atoms with Gasteiger partial charge in [0.1, 0.15) is 0 Å². The number of para-hydroxylation sites is 2. The first-order chi connectivity index (χ1) is 18.9. The highest BCUT2D eigenvalue weighted by molar-refractivity contribution is 7.72. The van der Waals surface area contributed by atoms with Crippen molar-refractivity contribution in [2.45, 2.75) is 42.7 Å². The Balaban J connectivity index is 1.42. The van der Waals surface area contributed by atoms with Gasteiger partial charge in [0.25, 0.3) is 0 Å². The lowest BCUT2D eigenvalue weighted by Crippen LogP contribution is -2.31. The van der Waals surface area contributed by atoms with Gasteiger partial charge in [0, 0.05) is 17.0 Å². The molecule has 0 N–H and O–H groups in total. The summed E-state index contributed by atoms with van der Waals surface area (Å²) in [7, 11) is -0.998. The van der Waals surface area contributed by atoms with E-state index in [0.717, 1.165) is 11.0 Å². The number of nitrogens with zero attached hydrogens (tertiary/aromatic N) is 2. The molecule has 2 fully saturated rings. The summed E-state index contributed by atoms with van der Waals surface area (Å²) in [6.07, 6.45) is 6.21. The van der Waals surface area contributed by atoms with Gasteiger partial charge in [-0.15, -0.1) is 0 Å². The summed E-state index contributed by atoms with van der Waals surface area (Å²) in [5.41, 5.74) is 10.8. The highest BCUT2D eigenvalue weighted by Crippen LogP contribution is 2.70. The van der Waals surface area contributed by atoms with Crippen LogP contribution in [0.15, 0.2) is 115 Å². The zero-order chi connectivity index (χ0) is 25.3. The molecule has 2 saturated heterocycles. The van der Waals surface area contributed by atoms with Crippen LogP contribution in [0.4, 0.5) is 0 Å². The van der Waals surface area contributed by atoms with Crippen molar-refractivity contribution in [3.8, 4) is 0 Å². The van der Waals surface area contributed by atoms with Gasteiger partial charge in [0.2, 0.25) is 0 Å². The van der Waals surface area contributed by atoms with Crippen LogP contribution in [-0.2, 0) is 0 Å². The Labute approximate surface area is 228 Å². The average molecular weight is 531 g/mol. The molecule has 5 aromatic rings. The Morgan fingerprint density at radius 2 is 0.921 bits per heavy atom. The van der Waals surface area contributed by atoms with Crippen LogP contribution in [0.2, 0.25) is 0 Å². The monoisotopic (exact) mass is 530 g/mol. The number of benzene rings is 4. The molecular formula is C34H32N2P2. The van der Waals surface area contributed by atoms with Crippen molar-refractivity contribution < 1.29 is 0 Å². The third kappa shape index (κ3) is 4.49.